The highest BCUT2D eigenvalue weighted by Gasteiger charge is 2.38. The van der Waals surface area contributed by atoms with Crippen molar-refractivity contribution in [3.8, 4) is 17.0 Å². The number of aromatic nitrogens is 2. The van der Waals surface area contributed by atoms with Crippen molar-refractivity contribution in [1.29, 1.82) is 0 Å². The number of amides is 1. The van der Waals surface area contributed by atoms with Gasteiger partial charge >= 0.3 is 6.18 Å². The molecule has 3 rings (SSSR count). The average Bonchev–Trinajstić information content (AvgIpc) is 3.22. The van der Waals surface area contributed by atoms with Crippen LogP contribution in [0.15, 0.2) is 18.2 Å². The summed E-state index contributed by atoms with van der Waals surface area (Å²) < 4.78 is 69.9. The molecule has 0 radical (unpaired) electrons. The third kappa shape index (κ3) is 7.00. The van der Waals surface area contributed by atoms with E-state index >= 15 is 0 Å². The Balaban J connectivity index is 1.83. The lowest BCUT2D eigenvalue weighted by atomic mass is 9.72. The molecular weight excluding hydrogens is 557 g/mol. The van der Waals surface area contributed by atoms with Crippen molar-refractivity contribution in [2.45, 2.75) is 76.9 Å². The Morgan fingerprint density at radius 3 is 2.44 bits per heavy atom. The summed E-state index contributed by atoms with van der Waals surface area (Å²) in [4.78, 5) is 13.2. The fraction of sp³-hybridized carbons (Fsp3) is 0.615. The van der Waals surface area contributed by atoms with E-state index in [4.69, 9.17) is 16.3 Å². The first-order valence-electron chi connectivity index (χ1n) is 12.9. The van der Waals surface area contributed by atoms with Gasteiger partial charge in [-0.2, -0.15) is 18.3 Å². The molecule has 1 aromatic heterocycles. The van der Waals surface area contributed by atoms with E-state index in [1.807, 2.05) is 13.8 Å². The van der Waals surface area contributed by atoms with Gasteiger partial charge in [-0.1, -0.05) is 18.5 Å². The topological polar surface area (TPSA) is 102 Å². The normalized spacial score (nSPS) is 20.9. The van der Waals surface area contributed by atoms with E-state index < -0.39 is 28.0 Å². The highest BCUT2D eigenvalue weighted by Crippen LogP contribution is 2.41. The molecule has 0 bridgehead atoms. The second-order valence-electron chi connectivity index (χ2n) is 10.2. The molecule has 1 aromatic carbocycles. The first-order valence-corrected chi connectivity index (χ1v) is 15.2. The Morgan fingerprint density at radius 1 is 1.28 bits per heavy atom. The summed E-state index contributed by atoms with van der Waals surface area (Å²) in [6.45, 7) is 5.62. The number of ether oxygens (including phenoxy) is 1. The van der Waals surface area contributed by atoms with Crippen LogP contribution in [0.25, 0.3) is 11.3 Å². The number of rotatable bonds is 10. The van der Waals surface area contributed by atoms with E-state index in [-0.39, 0.29) is 32.8 Å². The quantitative estimate of drug-likeness (QED) is 0.366. The van der Waals surface area contributed by atoms with Crippen LogP contribution in [0.5, 0.6) is 5.75 Å². The molecule has 0 aliphatic heterocycles. The van der Waals surface area contributed by atoms with Crippen molar-refractivity contribution in [3.63, 3.8) is 0 Å². The zero-order valence-corrected chi connectivity index (χ0v) is 24.4. The fourth-order valence-corrected chi connectivity index (χ4v) is 6.43. The van der Waals surface area contributed by atoms with Crippen molar-refractivity contribution in [1.82, 2.24) is 15.1 Å². The molecule has 1 heterocycles. The van der Waals surface area contributed by atoms with Gasteiger partial charge in [-0.25, -0.2) is 8.42 Å². The van der Waals surface area contributed by atoms with Gasteiger partial charge in [-0.05, 0) is 63.5 Å². The van der Waals surface area contributed by atoms with Gasteiger partial charge in [-0.15, -0.1) is 0 Å². The number of sulfone groups is 1. The summed E-state index contributed by atoms with van der Waals surface area (Å²) in [5, 5.41) is 9.52. The van der Waals surface area contributed by atoms with E-state index in [0.29, 0.717) is 50.0 Å². The minimum Gasteiger partial charge on any atom is -0.496 e. The zero-order chi connectivity index (χ0) is 29.2. The molecule has 2 N–H and O–H groups in total. The van der Waals surface area contributed by atoms with E-state index in [0.717, 1.165) is 13.3 Å². The van der Waals surface area contributed by atoms with Crippen molar-refractivity contribution < 1.29 is 31.1 Å². The second-order valence-corrected chi connectivity index (χ2v) is 12.9. The first kappa shape index (κ1) is 31.1. The van der Waals surface area contributed by atoms with Crippen molar-refractivity contribution in [3.05, 3.63) is 28.9 Å². The molecular formula is C26H36ClF3N4O4S. The number of methoxy groups -OCH3 is 1. The molecule has 39 heavy (non-hydrogen) atoms. The van der Waals surface area contributed by atoms with Crippen molar-refractivity contribution in [2.75, 3.05) is 25.2 Å². The lowest BCUT2D eigenvalue weighted by Gasteiger charge is -2.39. The summed E-state index contributed by atoms with van der Waals surface area (Å²) in [5.41, 5.74) is 0.923. The maximum atomic E-state index is 13.2. The van der Waals surface area contributed by atoms with Gasteiger partial charge in [0.2, 0.25) is 0 Å². The van der Waals surface area contributed by atoms with Crippen LogP contribution in [-0.4, -0.2) is 61.5 Å². The minimum atomic E-state index is -4.41. The van der Waals surface area contributed by atoms with Crippen LogP contribution < -0.4 is 15.4 Å². The molecule has 1 fully saturated rings. The fourth-order valence-electron chi connectivity index (χ4n) is 5.02. The lowest BCUT2D eigenvalue weighted by Crippen LogP contribution is -2.42. The van der Waals surface area contributed by atoms with Gasteiger partial charge in [-0.3, -0.25) is 9.48 Å². The molecule has 1 atom stereocenters. The Hall–Kier alpha value is -2.47. The molecule has 1 saturated carbocycles. The molecule has 0 saturated heterocycles. The number of anilines is 1. The van der Waals surface area contributed by atoms with Crippen LogP contribution in [0, 0.1) is 5.41 Å². The van der Waals surface area contributed by atoms with Gasteiger partial charge in [0.15, 0.2) is 5.69 Å². The highest BCUT2D eigenvalue weighted by atomic mass is 35.5. The molecule has 218 valence electrons. The second kappa shape index (κ2) is 12.0. The average molecular weight is 593 g/mol. The predicted octanol–water partition coefficient (Wildman–Crippen LogP) is 5.71. The molecule has 8 nitrogen and oxygen atoms in total. The number of carbonyl (C=O) groups is 1. The van der Waals surface area contributed by atoms with Crippen LogP contribution in [0.4, 0.5) is 18.9 Å². The van der Waals surface area contributed by atoms with Gasteiger partial charge in [0.05, 0.1) is 23.1 Å². The molecule has 1 aliphatic carbocycles. The van der Waals surface area contributed by atoms with Crippen molar-refractivity contribution >= 4 is 33.0 Å². The first-order chi connectivity index (χ1) is 18.2. The maximum Gasteiger partial charge on any atom is 0.408 e. The third-order valence-electron chi connectivity index (χ3n) is 7.71. The van der Waals surface area contributed by atoms with Crippen molar-refractivity contribution in [2.24, 2.45) is 5.41 Å². The monoisotopic (exact) mass is 592 g/mol. The van der Waals surface area contributed by atoms with Gasteiger partial charge in [0.25, 0.3) is 5.91 Å². The van der Waals surface area contributed by atoms with Crippen LogP contribution >= 0.6 is 11.6 Å². The number of benzene rings is 1. The Bertz CT molecular complexity index is 1290. The highest BCUT2D eigenvalue weighted by molar-refractivity contribution is 7.91. The van der Waals surface area contributed by atoms with E-state index in [2.05, 4.69) is 15.7 Å². The van der Waals surface area contributed by atoms with Gasteiger partial charge in [0, 0.05) is 36.7 Å². The SMILES string of the molecule is CCn1nc(C(=O)NCC2(CC)CCC(S(C)(=O)=O)CC2)c(Cl)c1-c1ccc(N[C@H](C)C(F)(F)F)cc1OC. The number of nitrogens with one attached hydrogen (secondary N) is 2. The molecule has 13 heteroatoms. The summed E-state index contributed by atoms with van der Waals surface area (Å²) in [6, 6.07) is 2.74. The number of nitrogens with zero attached hydrogens (tertiary/aromatic N) is 2. The van der Waals surface area contributed by atoms with E-state index in [1.54, 1.807) is 10.7 Å². The smallest absolute Gasteiger partial charge is 0.408 e. The Morgan fingerprint density at radius 2 is 1.92 bits per heavy atom. The summed E-state index contributed by atoms with van der Waals surface area (Å²) >= 11 is 6.68. The lowest BCUT2D eigenvalue weighted by molar-refractivity contribution is -0.138. The number of carbonyl (C=O) groups excluding carboxylic acids is 1. The van der Waals surface area contributed by atoms with E-state index in [1.165, 1.54) is 25.5 Å². The molecule has 2 aromatic rings. The van der Waals surface area contributed by atoms with Crippen LogP contribution in [-0.2, 0) is 16.4 Å². The molecule has 0 unspecified atom stereocenters. The molecule has 1 amide bonds. The van der Waals surface area contributed by atoms with Gasteiger partial charge in [0.1, 0.15) is 21.6 Å². The molecule has 1 aliphatic rings. The summed E-state index contributed by atoms with van der Waals surface area (Å²) in [7, 11) is -1.70. The van der Waals surface area contributed by atoms with Crippen LogP contribution in [0.3, 0.4) is 0 Å². The maximum absolute atomic E-state index is 13.2. The molecule has 0 spiro atoms. The number of hydrogen-bond acceptors (Lipinski definition) is 6. The van der Waals surface area contributed by atoms with Gasteiger partial charge < -0.3 is 15.4 Å². The Labute approximate surface area is 232 Å². The number of halogens is 4. The van der Waals surface area contributed by atoms with Crippen LogP contribution in [0.1, 0.15) is 63.4 Å². The largest absolute Gasteiger partial charge is 0.496 e. The predicted molar refractivity (Wildman–Crippen MR) is 146 cm³/mol. The zero-order valence-electron chi connectivity index (χ0n) is 22.8. The summed E-state index contributed by atoms with van der Waals surface area (Å²) in [6.07, 6.45) is 0.139. The standard InChI is InChI=1S/C26H36ClF3N4O4S/c1-6-25(12-10-18(11-13-25)39(5,36)37)15-31-24(35)22-21(27)23(34(7-2)33-22)19-9-8-17(14-20(19)38-4)32-16(3)26(28,29)30/h8-9,14,16,18,32H,6-7,10-13,15H2,1-5H3,(H,31,35)/t16-,18?,25?/m1/s1. The number of alkyl halides is 3. The Kier molecular flexibility index (Phi) is 9.52. The number of aryl methyl sites for hydroxylation is 1. The minimum absolute atomic E-state index is 0.0274. The third-order valence-corrected chi connectivity index (χ3v) is 9.75. The number of hydrogen-bond donors (Lipinski definition) is 2. The van der Waals surface area contributed by atoms with Crippen LogP contribution in [0.2, 0.25) is 5.02 Å². The summed E-state index contributed by atoms with van der Waals surface area (Å²) in [5.74, 6) is -0.187. The van der Waals surface area contributed by atoms with E-state index in [9.17, 15) is 26.4 Å².